The number of rotatable bonds is 2. The Morgan fingerprint density at radius 1 is 1.05 bits per heavy atom. The minimum atomic E-state index is -0.399. The molecule has 1 aromatic heterocycles. The summed E-state index contributed by atoms with van der Waals surface area (Å²) >= 11 is 6.00. The Morgan fingerprint density at radius 3 is 2.50 bits per heavy atom. The number of halogens is 2. The van der Waals surface area contributed by atoms with E-state index in [0.29, 0.717) is 27.6 Å². The first kappa shape index (κ1) is 12.6. The topological polar surface area (TPSA) is 63.8 Å². The van der Waals surface area contributed by atoms with Gasteiger partial charge >= 0.3 is 0 Å². The standard InChI is InChI=1S/C14H10ClFN4/c15-9-6-5-8(16)7-12(9)20-14-13(17)18-10-3-1-2-4-11(10)19-14/h1-7H,(H2,17,18)(H,19,20). The van der Waals surface area contributed by atoms with Crippen LogP contribution in [0.3, 0.4) is 0 Å². The Balaban J connectivity index is 2.06. The van der Waals surface area contributed by atoms with Gasteiger partial charge in [-0.25, -0.2) is 14.4 Å². The summed E-state index contributed by atoms with van der Waals surface area (Å²) in [5.74, 6) is 0.171. The molecule has 6 heteroatoms. The number of hydrogen-bond acceptors (Lipinski definition) is 4. The molecule has 0 spiro atoms. The lowest BCUT2D eigenvalue weighted by Crippen LogP contribution is -2.03. The average Bonchev–Trinajstić information content (AvgIpc) is 2.43. The number of fused-ring (bicyclic) bond motifs is 1. The number of anilines is 3. The van der Waals surface area contributed by atoms with Gasteiger partial charge in [-0.1, -0.05) is 23.7 Å². The van der Waals surface area contributed by atoms with E-state index in [1.165, 1.54) is 18.2 Å². The van der Waals surface area contributed by atoms with Crippen molar-refractivity contribution in [2.45, 2.75) is 0 Å². The lowest BCUT2D eigenvalue weighted by Gasteiger charge is -2.10. The zero-order valence-corrected chi connectivity index (χ0v) is 11.0. The maximum absolute atomic E-state index is 13.2. The third-order valence-electron chi connectivity index (χ3n) is 2.78. The van der Waals surface area contributed by atoms with E-state index in [9.17, 15) is 4.39 Å². The van der Waals surface area contributed by atoms with Crippen molar-refractivity contribution < 1.29 is 4.39 Å². The number of nitrogens with two attached hydrogens (primary N) is 1. The number of nitrogen functional groups attached to an aromatic ring is 1. The van der Waals surface area contributed by atoms with Crippen LogP contribution in [-0.2, 0) is 0 Å². The van der Waals surface area contributed by atoms with Crippen LogP contribution in [0.5, 0.6) is 0 Å². The molecule has 0 amide bonds. The zero-order valence-electron chi connectivity index (χ0n) is 10.3. The van der Waals surface area contributed by atoms with E-state index in [-0.39, 0.29) is 5.82 Å². The van der Waals surface area contributed by atoms with Crippen LogP contribution in [0.4, 0.5) is 21.7 Å². The van der Waals surface area contributed by atoms with E-state index in [1.807, 2.05) is 24.3 Å². The first-order valence-corrected chi connectivity index (χ1v) is 6.25. The Hall–Kier alpha value is -2.40. The third kappa shape index (κ3) is 2.35. The summed E-state index contributed by atoms with van der Waals surface area (Å²) in [6.45, 7) is 0. The van der Waals surface area contributed by atoms with Gasteiger partial charge in [-0.05, 0) is 30.3 Å². The molecule has 1 heterocycles. The Bertz CT molecular complexity index is 791. The van der Waals surface area contributed by atoms with Crippen molar-refractivity contribution >= 4 is 40.0 Å². The summed E-state index contributed by atoms with van der Waals surface area (Å²) in [6.07, 6.45) is 0. The summed E-state index contributed by atoms with van der Waals surface area (Å²) in [5, 5.41) is 3.28. The third-order valence-corrected chi connectivity index (χ3v) is 3.11. The van der Waals surface area contributed by atoms with Crippen molar-refractivity contribution in [3.05, 3.63) is 53.3 Å². The van der Waals surface area contributed by atoms with Gasteiger partial charge in [-0.3, -0.25) is 0 Å². The largest absolute Gasteiger partial charge is 0.381 e. The van der Waals surface area contributed by atoms with Crippen LogP contribution in [0.25, 0.3) is 11.0 Å². The number of benzene rings is 2. The summed E-state index contributed by atoms with van der Waals surface area (Å²) in [5.41, 5.74) is 7.63. The van der Waals surface area contributed by atoms with Gasteiger partial charge in [0.25, 0.3) is 0 Å². The lowest BCUT2D eigenvalue weighted by molar-refractivity contribution is 0.628. The van der Waals surface area contributed by atoms with Gasteiger partial charge in [-0.2, -0.15) is 0 Å². The molecule has 3 rings (SSSR count). The Morgan fingerprint density at radius 2 is 1.75 bits per heavy atom. The molecule has 0 unspecified atom stereocenters. The molecule has 2 aromatic carbocycles. The normalized spacial score (nSPS) is 10.7. The summed E-state index contributed by atoms with van der Waals surface area (Å²) in [7, 11) is 0. The highest BCUT2D eigenvalue weighted by atomic mass is 35.5. The minimum absolute atomic E-state index is 0.226. The number of hydrogen-bond donors (Lipinski definition) is 2. The van der Waals surface area contributed by atoms with Gasteiger partial charge in [0.15, 0.2) is 11.6 Å². The van der Waals surface area contributed by atoms with Crippen molar-refractivity contribution in [3.63, 3.8) is 0 Å². The Labute approximate surface area is 119 Å². The van der Waals surface area contributed by atoms with Crippen LogP contribution in [0.1, 0.15) is 0 Å². The van der Waals surface area contributed by atoms with Crippen molar-refractivity contribution in [2.24, 2.45) is 0 Å². The highest BCUT2D eigenvalue weighted by Crippen LogP contribution is 2.28. The first-order chi connectivity index (χ1) is 9.63. The van der Waals surface area contributed by atoms with E-state index in [1.54, 1.807) is 0 Å². The first-order valence-electron chi connectivity index (χ1n) is 5.88. The van der Waals surface area contributed by atoms with Crippen LogP contribution < -0.4 is 11.1 Å². The van der Waals surface area contributed by atoms with Gasteiger partial charge in [0, 0.05) is 0 Å². The second-order valence-corrected chi connectivity index (χ2v) is 4.60. The summed E-state index contributed by atoms with van der Waals surface area (Å²) < 4.78 is 13.2. The fourth-order valence-electron chi connectivity index (χ4n) is 1.83. The van der Waals surface area contributed by atoms with Crippen molar-refractivity contribution in [1.82, 2.24) is 9.97 Å². The molecule has 3 aromatic rings. The molecule has 0 saturated heterocycles. The smallest absolute Gasteiger partial charge is 0.174 e. The molecule has 0 aliphatic carbocycles. The van der Waals surface area contributed by atoms with E-state index in [0.717, 1.165) is 0 Å². The predicted molar refractivity (Wildman–Crippen MR) is 78.6 cm³/mol. The van der Waals surface area contributed by atoms with Crippen molar-refractivity contribution in [1.29, 1.82) is 0 Å². The van der Waals surface area contributed by atoms with Gasteiger partial charge in [0.1, 0.15) is 5.82 Å². The van der Waals surface area contributed by atoms with Crippen LogP contribution in [0.15, 0.2) is 42.5 Å². The fraction of sp³-hybridized carbons (Fsp3) is 0. The SMILES string of the molecule is Nc1nc2ccccc2nc1Nc1cc(F)ccc1Cl. The molecule has 0 aliphatic rings. The molecule has 0 fully saturated rings. The number of para-hydroxylation sites is 2. The molecule has 4 nitrogen and oxygen atoms in total. The van der Waals surface area contributed by atoms with Crippen LogP contribution >= 0.6 is 11.6 Å². The molecule has 0 saturated carbocycles. The Kier molecular flexibility index (Phi) is 3.12. The number of nitrogens with one attached hydrogen (secondary N) is 1. The van der Waals surface area contributed by atoms with Crippen molar-refractivity contribution in [3.8, 4) is 0 Å². The summed E-state index contributed by atoms with van der Waals surface area (Å²) in [4.78, 5) is 8.60. The second kappa shape index (κ2) is 4.94. The van der Waals surface area contributed by atoms with Gasteiger partial charge in [-0.15, -0.1) is 0 Å². The lowest BCUT2D eigenvalue weighted by atomic mass is 10.3. The van der Waals surface area contributed by atoms with Crippen molar-refractivity contribution in [2.75, 3.05) is 11.1 Å². The molecule has 20 heavy (non-hydrogen) atoms. The molecule has 0 atom stereocenters. The predicted octanol–water partition coefficient (Wildman–Crippen LogP) is 3.75. The fourth-order valence-corrected chi connectivity index (χ4v) is 1.99. The second-order valence-electron chi connectivity index (χ2n) is 4.20. The molecule has 0 bridgehead atoms. The molecule has 0 aliphatic heterocycles. The van der Waals surface area contributed by atoms with E-state index in [2.05, 4.69) is 15.3 Å². The van der Waals surface area contributed by atoms with E-state index < -0.39 is 5.82 Å². The monoisotopic (exact) mass is 288 g/mol. The summed E-state index contributed by atoms with van der Waals surface area (Å²) in [6, 6.07) is 11.4. The van der Waals surface area contributed by atoms with Crippen LogP contribution in [0, 0.1) is 5.82 Å². The van der Waals surface area contributed by atoms with E-state index >= 15 is 0 Å². The average molecular weight is 289 g/mol. The highest BCUT2D eigenvalue weighted by Gasteiger charge is 2.08. The minimum Gasteiger partial charge on any atom is -0.381 e. The molecular weight excluding hydrogens is 279 g/mol. The zero-order chi connectivity index (χ0) is 14.1. The maximum Gasteiger partial charge on any atom is 0.174 e. The quantitative estimate of drug-likeness (QED) is 0.754. The maximum atomic E-state index is 13.2. The number of aromatic nitrogens is 2. The highest BCUT2D eigenvalue weighted by molar-refractivity contribution is 6.33. The molecule has 100 valence electrons. The molecule has 3 N–H and O–H groups in total. The molecule has 0 radical (unpaired) electrons. The number of nitrogens with zero attached hydrogens (tertiary/aromatic N) is 2. The van der Waals surface area contributed by atoms with Gasteiger partial charge in [0.05, 0.1) is 21.7 Å². The van der Waals surface area contributed by atoms with E-state index in [4.69, 9.17) is 17.3 Å². The van der Waals surface area contributed by atoms with Crippen LogP contribution in [-0.4, -0.2) is 9.97 Å². The van der Waals surface area contributed by atoms with Gasteiger partial charge < -0.3 is 11.1 Å². The van der Waals surface area contributed by atoms with Gasteiger partial charge in [0.2, 0.25) is 0 Å². The van der Waals surface area contributed by atoms with Crippen LogP contribution in [0.2, 0.25) is 5.02 Å². The molecular formula is C14H10ClFN4.